The van der Waals surface area contributed by atoms with Crippen LogP contribution >= 0.6 is 11.6 Å². The molecule has 1 aromatic carbocycles. The number of carbonyl (C=O) groups is 3. The maximum atomic E-state index is 13.7. The van der Waals surface area contributed by atoms with E-state index in [1.54, 1.807) is 73.0 Å². The molecule has 0 saturated heterocycles. The molecule has 4 aromatic rings. The Balaban J connectivity index is 1.44. The Bertz CT molecular complexity index is 1470. The molecule has 37 heavy (non-hydrogen) atoms. The average molecular weight is 515 g/mol. The third-order valence-electron chi connectivity index (χ3n) is 6.26. The van der Waals surface area contributed by atoms with E-state index < -0.39 is 11.9 Å². The molecule has 0 fully saturated rings. The van der Waals surface area contributed by atoms with Crippen LogP contribution in [-0.4, -0.2) is 48.3 Å². The number of carbonyl (C=O) groups excluding carboxylic acids is 3. The van der Waals surface area contributed by atoms with Gasteiger partial charge in [0.25, 0.3) is 11.8 Å². The van der Waals surface area contributed by atoms with Crippen LogP contribution in [0, 0.1) is 0 Å². The van der Waals surface area contributed by atoms with Gasteiger partial charge in [0.15, 0.2) is 5.78 Å². The van der Waals surface area contributed by atoms with Gasteiger partial charge in [-0.25, -0.2) is 4.98 Å². The van der Waals surface area contributed by atoms with Gasteiger partial charge in [0.1, 0.15) is 11.5 Å². The third kappa shape index (κ3) is 5.12. The van der Waals surface area contributed by atoms with Crippen molar-refractivity contribution in [1.82, 2.24) is 24.6 Å². The maximum absolute atomic E-state index is 13.7. The number of halogens is 1. The first-order valence-electron chi connectivity index (χ1n) is 11.7. The summed E-state index contributed by atoms with van der Waals surface area (Å²) >= 11 is 6.48. The molecule has 0 aliphatic carbocycles. The molecular weight excluding hydrogens is 492 g/mol. The summed E-state index contributed by atoms with van der Waals surface area (Å²) in [7, 11) is 1.68. The number of anilines is 1. The van der Waals surface area contributed by atoms with Crippen LogP contribution in [0.15, 0.2) is 73.2 Å². The van der Waals surface area contributed by atoms with E-state index in [4.69, 9.17) is 11.6 Å². The number of aromatic nitrogens is 4. The fourth-order valence-corrected chi connectivity index (χ4v) is 4.72. The Hall–Kier alpha value is -4.37. The van der Waals surface area contributed by atoms with E-state index in [2.05, 4.69) is 20.4 Å². The predicted molar refractivity (Wildman–Crippen MR) is 137 cm³/mol. The SMILES string of the molecule is Cn1ncc2c1C(=O)N(Cc1ccc(C(=O)Nc3ccccn3)c(Cl)c1)C(Cc1ccccn1)C(=O)C2. The monoisotopic (exact) mass is 514 g/mol. The molecule has 1 aliphatic heterocycles. The number of aryl methyl sites for hydroxylation is 1. The first-order chi connectivity index (χ1) is 17.9. The highest BCUT2D eigenvalue weighted by molar-refractivity contribution is 6.34. The lowest BCUT2D eigenvalue weighted by atomic mass is 10.0. The number of Topliss-reactive ketones (excluding diaryl/α,β-unsaturated/α-hetero) is 1. The molecule has 0 radical (unpaired) electrons. The summed E-state index contributed by atoms with van der Waals surface area (Å²) in [6.45, 7) is 0.120. The molecule has 1 N–H and O–H groups in total. The fourth-order valence-electron chi connectivity index (χ4n) is 4.43. The molecule has 0 spiro atoms. The topological polar surface area (TPSA) is 110 Å². The maximum Gasteiger partial charge on any atom is 0.273 e. The van der Waals surface area contributed by atoms with Crippen molar-refractivity contribution < 1.29 is 14.4 Å². The van der Waals surface area contributed by atoms with E-state index in [1.165, 1.54) is 4.68 Å². The van der Waals surface area contributed by atoms with Crippen LogP contribution in [0.25, 0.3) is 0 Å². The summed E-state index contributed by atoms with van der Waals surface area (Å²) < 4.78 is 1.50. The standard InChI is InChI=1S/C27H23ClN6O3/c1-33-25-18(15-31-33)13-23(35)22(14-19-6-2-4-10-29-19)34(27(25)37)16-17-8-9-20(21(28)12-17)26(36)32-24-7-3-5-11-30-24/h2-12,15,22H,13-14,16H2,1H3,(H,30,32,36). The number of ketones is 1. The Morgan fingerprint density at radius 3 is 2.57 bits per heavy atom. The fraction of sp³-hybridized carbons (Fsp3) is 0.185. The number of rotatable bonds is 6. The van der Waals surface area contributed by atoms with Gasteiger partial charge in [0.05, 0.1) is 22.8 Å². The highest BCUT2D eigenvalue weighted by Crippen LogP contribution is 2.26. The molecule has 1 aliphatic rings. The number of pyridine rings is 2. The number of nitrogens with one attached hydrogen (secondary N) is 1. The molecule has 1 unspecified atom stereocenters. The lowest BCUT2D eigenvalue weighted by molar-refractivity contribution is -0.122. The van der Waals surface area contributed by atoms with Gasteiger partial charge in [-0.2, -0.15) is 5.10 Å². The zero-order valence-corrected chi connectivity index (χ0v) is 20.7. The van der Waals surface area contributed by atoms with Gasteiger partial charge in [-0.05, 0) is 42.0 Å². The second-order valence-corrected chi connectivity index (χ2v) is 9.15. The van der Waals surface area contributed by atoms with Crippen molar-refractivity contribution in [3.05, 3.63) is 106 Å². The van der Waals surface area contributed by atoms with Crippen LogP contribution < -0.4 is 5.32 Å². The zero-order valence-electron chi connectivity index (χ0n) is 20.0. The van der Waals surface area contributed by atoms with E-state index in [0.717, 1.165) is 0 Å². The van der Waals surface area contributed by atoms with Gasteiger partial charge in [-0.15, -0.1) is 0 Å². The molecular formula is C27H23ClN6O3. The van der Waals surface area contributed by atoms with Crippen LogP contribution in [0.3, 0.4) is 0 Å². The largest absolute Gasteiger partial charge is 0.323 e. The highest BCUT2D eigenvalue weighted by Gasteiger charge is 2.37. The van der Waals surface area contributed by atoms with E-state index >= 15 is 0 Å². The minimum atomic E-state index is -0.722. The van der Waals surface area contributed by atoms with Crippen LogP contribution in [0.4, 0.5) is 5.82 Å². The van der Waals surface area contributed by atoms with Crippen molar-refractivity contribution in [3.8, 4) is 0 Å². The van der Waals surface area contributed by atoms with Crippen molar-refractivity contribution in [3.63, 3.8) is 0 Å². The van der Waals surface area contributed by atoms with Gasteiger partial charge in [-0.3, -0.25) is 24.0 Å². The Morgan fingerprint density at radius 1 is 1.08 bits per heavy atom. The van der Waals surface area contributed by atoms with Crippen LogP contribution in [0.2, 0.25) is 5.02 Å². The van der Waals surface area contributed by atoms with Gasteiger partial charge in [0.2, 0.25) is 0 Å². The molecule has 3 aromatic heterocycles. The number of amides is 2. The van der Waals surface area contributed by atoms with Crippen LogP contribution in [0.1, 0.15) is 37.7 Å². The van der Waals surface area contributed by atoms with Crippen LogP contribution in [0.5, 0.6) is 0 Å². The summed E-state index contributed by atoms with van der Waals surface area (Å²) in [4.78, 5) is 49.8. The third-order valence-corrected chi connectivity index (χ3v) is 6.57. The number of hydrogen-bond donors (Lipinski definition) is 1. The first-order valence-corrected chi connectivity index (χ1v) is 12.0. The minimum absolute atomic E-state index is 0.0943. The summed E-state index contributed by atoms with van der Waals surface area (Å²) in [5, 5.41) is 7.12. The molecule has 1 atom stereocenters. The van der Waals surface area contributed by atoms with Crippen molar-refractivity contribution in [2.45, 2.75) is 25.4 Å². The Morgan fingerprint density at radius 2 is 1.86 bits per heavy atom. The predicted octanol–water partition coefficient (Wildman–Crippen LogP) is 3.49. The van der Waals surface area contributed by atoms with Gasteiger partial charge < -0.3 is 10.2 Å². The normalized spacial score (nSPS) is 15.3. The quantitative estimate of drug-likeness (QED) is 0.422. The molecule has 4 heterocycles. The Labute approximate surface area is 218 Å². The molecule has 0 saturated carbocycles. The lowest BCUT2D eigenvalue weighted by Crippen LogP contribution is -2.45. The molecule has 0 bridgehead atoms. The summed E-state index contributed by atoms with van der Waals surface area (Å²) in [6, 6.07) is 14.9. The second kappa shape index (κ2) is 10.3. The zero-order chi connectivity index (χ0) is 25.9. The number of fused-ring (bicyclic) bond motifs is 1. The van der Waals surface area contributed by atoms with Gasteiger partial charge in [-0.1, -0.05) is 29.8 Å². The number of nitrogens with zero attached hydrogens (tertiary/aromatic N) is 5. The molecule has 9 nitrogen and oxygen atoms in total. The van der Waals surface area contributed by atoms with E-state index in [9.17, 15) is 14.4 Å². The van der Waals surface area contributed by atoms with Gasteiger partial charge in [0, 0.05) is 50.1 Å². The Kier molecular flexibility index (Phi) is 6.78. The molecule has 5 rings (SSSR count). The van der Waals surface area contributed by atoms with Crippen molar-refractivity contribution in [1.29, 1.82) is 0 Å². The second-order valence-electron chi connectivity index (χ2n) is 8.74. The van der Waals surface area contributed by atoms with Crippen molar-refractivity contribution >= 4 is 35.0 Å². The molecule has 10 heteroatoms. The summed E-state index contributed by atoms with van der Waals surface area (Å²) in [5.74, 6) is -0.382. The number of benzene rings is 1. The molecule has 186 valence electrons. The first kappa shape index (κ1) is 24.3. The van der Waals surface area contributed by atoms with E-state index in [-0.39, 0.29) is 41.7 Å². The van der Waals surface area contributed by atoms with Gasteiger partial charge >= 0.3 is 0 Å². The van der Waals surface area contributed by atoms with Crippen molar-refractivity contribution in [2.75, 3.05) is 5.32 Å². The highest BCUT2D eigenvalue weighted by atomic mass is 35.5. The lowest BCUT2D eigenvalue weighted by Gasteiger charge is -2.29. The summed E-state index contributed by atoms with van der Waals surface area (Å²) in [6.07, 6.45) is 5.20. The molecule has 2 amide bonds. The van der Waals surface area contributed by atoms with Crippen molar-refractivity contribution in [2.24, 2.45) is 7.05 Å². The van der Waals surface area contributed by atoms with Crippen LogP contribution in [-0.2, 0) is 31.2 Å². The number of hydrogen-bond acceptors (Lipinski definition) is 6. The average Bonchev–Trinajstić information content (AvgIpc) is 3.22. The van der Waals surface area contributed by atoms with E-state index in [0.29, 0.717) is 28.3 Å². The minimum Gasteiger partial charge on any atom is -0.323 e. The summed E-state index contributed by atoms with van der Waals surface area (Å²) in [5.41, 5.74) is 2.65. The smallest absolute Gasteiger partial charge is 0.273 e. The van der Waals surface area contributed by atoms with E-state index in [1.807, 2.05) is 12.1 Å².